The third kappa shape index (κ3) is 10.2. The number of amidine groups is 2. The molecule has 4 nitrogen and oxygen atoms in total. The van der Waals surface area contributed by atoms with Crippen molar-refractivity contribution in [3.8, 4) is 0 Å². The number of hydrogen-bond donors (Lipinski definition) is 2. The molecule has 0 atom stereocenters. The Hall–Kier alpha value is -2.73. The smallest absolute Gasteiger partial charge is 0.418 e. The Kier molecular flexibility index (Phi) is 9.23. The topological polar surface area (TPSA) is 57.9 Å². The number of halogens is 8. The summed E-state index contributed by atoms with van der Waals surface area (Å²) in [6.07, 6.45) is 3.10. The van der Waals surface area contributed by atoms with Crippen LogP contribution in [0.15, 0.2) is 34.3 Å². The molecule has 2 heterocycles. The van der Waals surface area contributed by atoms with Gasteiger partial charge in [-0.3, -0.25) is 10.6 Å². The van der Waals surface area contributed by atoms with Gasteiger partial charge in [-0.25, -0.2) is 0 Å². The molecule has 2 aliphatic rings. The van der Waals surface area contributed by atoms with Crippen LogP contribution in [0.4, 0.5) is 57.3 Å². The lowest BCUT2D eigenvalue weighted by Gasteiger charge is -2.01. The number of benzene rings is 2. The molecule has 0 fully saturated rings. The number of nitrogens with two attached hydrogens (primary N) is 2. The largest absolute Gasteiger partial charge is 0.673 e. The van der Waals surface area contributed by atoms with E-state index >= 15 is 0 Å². The molecule has 2 aliphatic heterocycles. The van der Waals surface area contributed by atoms with Crippen LogP contribution in [0.1, 0.15) is 41.5 Å². The summed E-state index contributed by atoms with van der Waals surface area (Å²) in [4.78, 5) is 9.58. The predicted octanol–water partition coefficient (Wildman–Crippen LogP) is 5.87. The van der Waals surface area contributed by atoms with Gasteiger partial charge < -0.3 is 34.5 Å². The zero-order valence-electron chi connectivity index (χ0n) is 19.7. The van der Waals surface area contributed by atoms with Crippen molar-refractivity contribution in [2.75, 3.05) is 0 Å². The van der Waals surface area contributed by atoms with Gasteiger partial charge in [0.1, 0.15) is 11.4 Å². The second-order valence-electron chi connectivity index (χ2n) is 8.33. The lowest BCUT2D eigenvalue weighted by molar-refractivity contribution is -0.442. The number of aliphatic imine (C=N–C) groups is 2. The number of nitrogens with zero attached hydrogens (tertiary/aromatic N) is 2. The van der Waals surface area contributed by atoms with Crippen molar-refractivity contribution in [1.29, 1.82) is 0 Å². The Morgan fingerprint density at radius 1 is 0.571 bits per heavy atom. The first-order valence-corrected chi connectivity index (χ1v) is 10.8. The van der Waals surface area contributed by atoms with Crippen LogP contribution in [0.3, 0.4) is 0 Å². The van der Waals surface area contributed by atoms with E-state index in [1.165, 1.54) is 45.3 Å². The molecule has 2 aromatic carbocycles. The third-order valence-corrected chi connectivity index (χ3v) is 5.32. The fourth-order valence-electron chi connectivity index (χ4n) is 3.51. The van der Waals surface area contributed by atoms with E-state index in [1.54, 1.807) is 0 Å². The molecule has 4 N–H and O–H groups in total. The molecule has 0 unspecified atom stereocenters. The molecule has 192 valence electrons. The van der Waals surface area contributed by atoms with E-state index in [4.69, 9.17) is 9.98 Å². The van der Waals surface area contributed by atoms with Gasteiger partial charge in [-0.2, -0.15) is 9.98 Å². The highest BCUT2D eigenvalue weighted by atomic mass is 19.5. The van der Waals surface area contributed by atoms with Crippen molar-refractivity contribution in [1.82, 2.24) is 0 Å². The number of aryl methyl sites for hydroxylation is 4. The standard InChI is InChI=1S/C21H24N4.2BF4/c1-12-8-16-17(9-13(12)2)23-20(22-16)6-5-7-21-24-18-10-14(3)15(4)11-19(18)25-21;2*2-1(3,4)5/h8-11H,5-7H2,1-4H3,(H,22,23)(H,24,25);;/q;2*-1/p+2. The number of hydrogen-bond acceptors (Lipinski definition) is 2. The zero-order chi connectivity index (χ0) is 26.6. The van der Waals surface area contributed by atoms with E-state index in [1.807, 2.05) is 0 Å². The minimum Gasteiger partial charge on any atom is -0.418 e. The quantitative estimate of drug-likeness (QED) is 0.295. The lowest BCUT2D eigenvalue weighted by atomic mass is 10.1. The Morgan fingerprint density at radius 3 is 1.17 bits per heavy atom. The highest BCUT2D eigenvalue weighted by molar-refractivity contribution is 6.50. The Morgan fingerprint density at radius 2 is 0.857 bits per heavy atom. The number of quaternary nitrogens is 2. The molecule has 0 amide bonds. The maximum Gasteiger partial charge on any atom is 0.673 e. The van der Waals surface area contributed by atoms with Crippen molar-refractivity contribution < 1.29 is 45.2 Å². The van der Waals surface area contributed by atoms with E-state index < -0.39 is 14.5 Å². The molecule has 0 radical (unpaired) electrons. The summed E-state index contributed by atoms with van der Waals surface area (Å²) < 4.78 is 78.0. The van der Waals surface area contributed by atoms with E-state index in [0.29, 0.717) is 0 Å². The predicted molar refractivity (Wildman–Crippen MR) is 123 cm³/mol. The average molecular weight is 508 g/mol. The Labute approximate surface area is 198 Å². The van der Waals surface area contributed by atoms with Crippen LogP contribution >= 0.6 is 0 Å². The van der Waals surface area contributed by atoms with Crippen molar-refractivity contribution >= 4 is 48.9 Å². The van der Waals surface area contributed by atoms with Crippen molar-refractivity contribution in [3.63, 3.8) is 0 Å². The molecule has 0 spiro atoms. The summed E-state index contributed by atoms with van der Waals surface area (Å²) in [6, 6.07) is 8.89. The summed E-state index contributed by atoms with van der Waals surface area (Å²) in [5, 5.41) is 4.48. The molecule has 0 aliphatic carbocycles. The van der Waals surface area contributed by atoms with Gasteiger partial charge in [-0.15, -0.1) is 0 Å². The summed E-state index contributed by atoms with van der Waals surface area (Å²) in [5.41, 5.74) is 10.1. The van der Waals surface area contributed by atoms with Crippen LogP contribution in [0.25, 0.3) is 0 Å². The first-order valence-electron chi connectivity index (χ1n) is 10.8. The van der Waals surface area contributed by atoms with Gasteiger partial charge in [0.15, 0.2) is 11.4 Å². The minimum absolute atomic E-state index is 1.01. The van der Waals surface area contributed by atoms with Crippen LogP contribution in [0.2, 0.25) is 0 Å². The van der Waals surface area contributed by atoms with Gasteiger partial charge in [-0.05, 0) is 68.5 Å². The average Bonchev–Trinajstić information content (AvgIpc) is 3.22. The fourth-order valence-corrected chi connectivity index (χ4v) is 3.51. The summed E-state index contributed by atoms with van der Waals surface area (Å²) >= 11 is 0. The normalized spacial score (nSPS) is 14.2. The molecule has 0 aromatic heterocycles. The van der Waals surface area contributed by atoms with Gasteiger partial charge in [0.25, 0.3) is 0 Å². The molecular formula is C21H26B2F8N4. The van der Waals surface area contributed by atoms with Crippen LogP contribution < -0.4 is 10.6 Å². The van der Waals surface area contributed by atoms with Gasteiger partial charge in [0.2, 0.25) is 11.7 Å². The van der Waals surface area contributed by atoms with Crippen molar-refractivity contribution in [3.05, 3.63) is 46.5 Å². The van der Waals surface area contributed by atoms with Crippen LogP contribution in [0, 0.1) is 27.7 Å². The van der Waals surface area contributed by atoms with Crippen LogP contribution in [-0.4, -0.2) is 26.2 Å². The van der Waals surface area contributed by atoms with E-state index in [2.05, 4.69) is 62.6 Å². The maximum atomic E-state index is 9.75. The zero-order valence-corrected chi connectivity index (χ0v) is 19.7. The Bertz CT molecular complexity index is 1030. The van der Waals surface area contributed by atoms with Crippen molar-refractivity contribution in [2.45, 2.75) is 47.0 Å². The summed E-state index contributed by atoms with van der Waals surface area (Å²) in [7, 11) is -12.0. The summed E-state index contributed by atoms with van der Waals surface area (Å²) in [5.74, 6) is 2.39. The van der Waals surface area contributed by atoms with Gasteiger partial charge in [-0.1, -0.05) is 0 Å². The van der Waals surface area contributed by atoms with Crippen LogP contribution in [0.5, 0.6) is 0 Å². The van der Waals surface area contributed by atoms with E-state index in [0.717, 1.165) is 30.6 Å². The molecule has 2 aromatic rings. The highest BCUT2D eigenvalue weighted by Crippen LogP contribution is 2.29. The monoisotopic (exact) mass is 508 g/mol. The second kappa shape index (κ2) is 11.3. The highest BCUT2D eigenvalue weighted by Gasteiger charge is 2.23. The SMILES string of the molecule is Cc1cc2c(cc1C)[NH2+]C(CCCC1=Nc3cc(C)c(C)cc3[NH2+]1)=N2.F[B-](F)(F)F.F[B-](F)(F)F. The second-order valence-corrected chi connectivity index (χ2v) is 8.33. The van der Waals surface area contributed by atoms with Gasteiger partial charge in [0, 0.05) is 25.0 Å². The number of rotatable bonds is 4. The molecule has 0 saturated heterocycles. The fraction of sp³-hybridized carbons (Fsp3) is 0.333. The molecule has 0 bridgehead atoms. The van der Waals surface area contributed by atoms with E-state index in [-0.39, 0.29) is 0 Å². The first-order chi connectivity index (χ1) is 16.0. The summed E-state index contributed by atoms with van der Waals surface area (Å²) in [6.45, 7) is 8.63. The van der Waals surface area contributed by atoms with Crippen molar-refractivity contribution in [2.24, 2.45) is 9.98 Å². The number of fused-ring (bicyclic) bond motifs is 2. The molecular weight excluding hydrogens is 482 g/mol. The Balaban J connectivity index is 0.000000368. The minimum atomic E-state index is -6.00. The van der Waals surface area contributed by atoms with E-state index in [9.17, 15) is 34.5 Å². The lowest BCUT2D eigenvalue weighted by Crippen LogP contribution is -2.81. The molecule has 35 heavy (non-hydrogen) atoms. The molecule has 4 rings (SSSR count). The first kappa shape index (κ1) is 28.5. The molecule has 14 heteroatoms. The molecule has 0 saturated carbocycles. The third-order valence-electron chi connectivity index (χ3n) is 5.32. The maximum absolute atomic E-state index is 9.75. The van der Waals surface area contributed by atoms with Crippen LogP contribution in [-0.2, 0) is 0 Å². The van der Waals surface area contributed by atoms with Gasteiger partial charge >= 0.3 is 14.5 Å². The van der Waals surface area contributed by atoms with Gasteiger partial charge in [0.05, 0.1) is 0 Å².